The van der Waals surface area contributed by atoms with Crippen molar-refractivity contribution in [3.8, 4) is 0 Å². The van der Waals surface area contributed by atoms with E-state index in [0.29, 0.717) is 17.7 Å². The lowest BCUT2D eigenvalue weighted by Crippen LogP contribution is -2.49. The van der Waals surface area contributed by atoms with Gasteiger partial charge in [-0.25, -0.2) is 4.39 Å². The zero-order valence-electron chi connectivity index (χ0n) is 22.3. The molecule has 6 heteroatoms. The van der Waals surface area contributed by atoms with Crippen molar-refractivity contribution < 1.29 is 9.18 Å². The van der Waals surface area contributed by atoms with Crippen molar-refractivity contribution in [2.24, 2.45) is 0 Å². The molecule has 0 radical (unpaired) electrons. The molecule has 2 aliphatic carbocycles. The summed E-state index contributed by atoms with van der Waals surface area (Å²) in [4.78, 5) is 18.4. The second kappa shape index (κ2) is 11.3. The number of benzene rings is 2. The normalized spacial score (nSPS) is 20.7. The molecule has 38 heavy (non-hydrogen) atoms. The Morgan fingerprint density at radius 3 is 2.29 bits per heavy atom. The van der Waals surface area contributed by atoms with Crippen LogP contribution in [0.5, 0.6) is 0 Å². The summed E-state index contributed by atoms with van der Waals surface area (Å²) in [6.07, 6.45) is 11.1. The minimum atomic E-state index is -0.192. The quantitative estimate of drug-likeness (QED) is 0.363. The first-order valence-electron chi connectivity index (χ1n) is 14.6. The maximum atomic E-state index is 14.0. The molecule has 1 saturated carbocycles. The predicted molar refractivity (Wildman–Crippen MR) is 149 cm³/mol. The molecule has 0 spiro atoms. The van der Waals surface area contributed by atoms with Gasteiger partial charge < -0.3 is 9.80 Å². The molecule has 2 heterocycles. The molecule has 1 atom stereocenters. The largest absolute Gasteiger partial charge is 0.368 e. The van der Waals surface area contributed by atoms with E-state index in [-0.39, 0.29) is 11.7 Å². The molecule has 2 aromatic carbocycles. The van der Waals surface area contributed by atoms with Gasteiger partial charge >= 0.3 is 0 Å². The number of carbonyl (C=O) groups excluding carboxylic acids is 1. The van der Waals surface area contributed by atoms with Crippen LogP contribution in [0.15, 0.2) is 54.6 Å². The third kappa shape index (κ3) is 5.23. The first-order valence-corrected chi connectivity index (χ1v) is 14.6. The Labute approximate surface area is 225 Å². The van der Waals surface area contributed by atoms with Crippen molar-refractivity contribution in [1.82, 2.24) is 14.7 Å². The zero-order valence-corrected chi connectivity index (χ0v) is 22.3. The van der Waals surface area contributed by atoms with E-state index in [1.165, 1.54) is 36.2 Å². The number of halogens is 1. The van der Waals surface area contributed by atoms with E-state index < -0.39 is 0 Å². The van der Waals surface area contributed by atoms with Crippen LogP contribution in [0.2, 0.25) is 0 Å². The fraction of sp³-hybridized carbons (Fsp3) is 0.500. The van der Waals surface area contributed by atoms with Crippen LogP contribution in [-0.4, -0.2) is 46.8 Å². The fourth-order valence-corrected chi connectivity index (χ4v) is 6.83. The fourth-order valence-electron chi connectivity index (χ4n) is 6.83. The highest BCUT2D eigenvalue weighted by atomic mass is 19.1. The van der Waals surface area contributed by atoms with E-state index in [4.69, 9.17) is 5.10 Å². The number of aromatic nitrogens is 2. The van der Waals surface area contributed by atoms with Gasteiger partial charge in [0, 0.05) is 49.0 Å². The van der Waals surface area contributed by atoms with Crippen molar-refractivity contribution in [3.63, 3.8) is 0 Å². The van der Waals surface area contributed by atoms with Crippen LogP contribution in [0.25, 0.3) is 0 Å². The Bertz CT molecular complexity index is 1220. The van der Waals surface area contributed by atoms with E-state index in [1.54, 1.807) is 12.1 Å². The molecule has 1 unspecified atom stereocenters. The summed E-state index contributed by atoms with van der Waals surface area (Å²) >= 11 is 0. The number of hydrogen-bond donors (Lipinski definition) is 0. The van der Waals surface area contributed by atoms with Gasteiger partial charge in [-0.1, -0.05) is 56.0 Å². The Hall–Kier alpha value is -3.15. The molecule has 0 bridgehead atoms. The second-order valence-electron chi connectivity index (χ2n) is 11.3. The Morgan fingerprint density at radius 2 is 1.55 bits per heavy atom. The van der Waals surface area contributed by atoms with Gasteiger partial charge in [0.25, 0.3) is 5.91 Å². The van der Waals surface area contributed by atoms with Gasteiger partial charge in [0.15, 0.2) is 5.69 Å². The van der Waals surface area contributed by atoms with Gasteiger partial charge in [-0.15, -0.1) is 0 Å². The smallest absolute Gasteiger partial charge is 0.274 e. The molecular weight excluding hydrogens is 475 g/mol. The Balaban J connectivity index is 1.29. The molecule has 1 aliphatic heterocycles. The Kier molecular flexibility index (Phi) is 7.48. The maximum Gasteiger partial charge on any atom is 0.274 e. The van der Waals surface area contributed by atoms with Gasteiger partial charge in [-0.05, 0) is 68.4 Å². The predicted octanol–water partition coefficient (Wildman–Crippen LogP) is 6.54. The van der Waals surface area contributed by atoms with Crippen LogP contribution in [0.4, 0.5) is 10.1 Å². The molecule has 1 aromatic heterocycles. The molecule has 3 aliphatic rings. The van der Waals surface area contributed by atoms with Crippen LogP contribution >= 0.6 is 0 Å². The number of nitrogens with zero attached hydrogens (tertiary/aromatic N) is 4. The lowest BCUT2D eigenvalue weighted by Gasteiger charge is -2.36. The van der Waals surface area contributed by atoms with Crippen LogP contribution in [0.1, 0.15) is 90.6 Å². The number of fused-ring (bicyclic) bond motifs is 1. The number of rotatable bonds is 5. The number of piperazine rings is 1. The average molecular weight is 515 g/mol. The van der Waals surface area contributed by atoms with Crippen LogP contribution in [0.3, 0.4) is 0 Å². The summed E-state index contributed by atoms with van der Waals surface area (Å²) in [7, 11) is 0. The highest BCUT2D eigenvalue weighted by molar-refractivity contribution is 5.94. The topological polar surface area (TPSA) is 41.4 Å². The van der Waals surface area contributed by atoms with Crippen LogP contribution in [0, 0.1) is 5.82 Å². The molecule has 0 N–H and O–H groups in total. The summed E-state index contributed by atoms with van der Waals surface area (Å²) in [5.74, 6) is 0.220. The van der Waals surface area contributed by atoms with Crippen molar-refractivity contribution in [2.75, 3.05) is 31.1 Å². The highest BCUT2D eigenvalue weighted by Crippen LogP contribution is 2.39. The Morgan fingerprint density at radius 1 is 0.842 bits per heavy atom. The number of para-hydroxylation sites is 1. The number of hydrogen-bond acceptors (Lipinski definition) is 3. The van der Waals surface area contributed by atoms with E-state index >= 15 is 0 Å². The third-order valence-corrected chi connectivity index (χ3v) is 8.87. The third-order valence-electron chi connectivity index (χ3n) is 8.87. The van der Waals surface area contributed by atoms with E-state index in [2.05, 4.69) is 33.8 Å². The van der Waals surface area contributed by atoms with Crippen molar-refractivity contribution in [1.29, 1.82) is 0 Å². The van der Waals surface area contributed by atoms with Gasteiger partial charge in [0.2, 0.25) is 0 Å². The van der Waals surface area contributed by atoms with Crippen LogP contribution < -0.4 is 4.90 Å². The van der Waals surface area contributed by atoms with Crippen molar-refractivity contribution in [2.45, 2.75) is 76.2 Å². The minimum absolute atomic E-state index is 0.103. The minimum Gasteiger partial charge on any atom is -0.368 e. The summed E-state index contributed by atoms with van der Waals surface area (Å²) in [5, 5.41) is 5.17. The molecule has 6 rings (SSSR count). The standard InChI is InChI=1S/C32H39FN4O/c33-26-17-15-24(16-18-26)23-25-9-7-8-14-29-30(34-37(31(25)29)28-12-5-2-6-13-28)32(38)36-21-19-35(20-22-36)27-10-3-1-4-11-27/h1,3-4,10-11,15-18,25,28H,2,5-9,12-14,19-23H2. The average Bonchev–Trinajstić information content (AvgIpc) is 3.23. The van der Waals surface area contributed by atoms with E-state index in [0.717, 1.165) is 76.7 Å². The molecule has 1 amide bonds. The summed E-state index contributed by atoms with van der Waals surface area (Å²) in [6, 6.07) is 17.8. The summed E-state index contributed by atoms with van der Waals surface area (Å²) in [5.41, 5.74) is 5.56. The highest BCUT2D eigenvalue weighted by Gasteiger charge is 2.34. The van der Waals surface area contributed by atoms with Crippen molar-refractivity contribution in [3.05, 3.63) is 82.9 Å². The SMILES string of the molecule is O=C(c1nn(C2CCCCC2)c2c1CCCCC2Cc1ccc(F)cc1)N1CCN(c2ccccc2)CC1. The number of anilines is 1. The number of carbonyl (C=O) groups is 1. The van der Waals surface area contributed by atoms with E-state index in [9.17, 15) is 9.18 Å². The lowest BCUT2D eigenvalue weighted by atomic mass is 9.89. The van der Waals surface area contributed by atoms with Gasteiger partial charge in [0.1, 0.15) is 5.82 Å². The van der Waals surface area contributed by atoms with Gasteiger partial charge in [0.05, 0.1) is 6.04 Å². The zero-order chi connectivity index (χ0) is 25.9. The molecule has 5 nitrogen and oxygen atoms in total. The van der Waals surface area contributed by atoms with Gasteiger partial charge in [-0.3, -0.25) is 9.48 Å². The lowest BCUT2D eigenvalue weighted by molar-refractivity contribution is 0.0738. The van der Waals surface area contributed by atoms with Crippen LogP contribution in [-0.2, 0) is 12.8 Å². The summed E-state index contributed by atoms with van der Waals surface area (Å²) in [6.45, 7) is 3.12. The van der Waals surface area contributed by atoms with Gasteiger partial charge in [-0.2, -0.15) is 5.10 Å². The van der Waals surface area contributed by atoms with Crippen molar-refractivity contribution >= 4 is 11.6 Å². The van der Waals surface area contributed by atoms with E-state index in [1.807, 2.05) is 23.1 Å². The maximum absolute atomic E-state index is 14.0. The second-order valence-corrected chi connectivity index (χ2v) is 11.3. The summed E-state index contributed by atoms with van der Waals surface area (Å²) < 4.78 is 15.9. The molecule has 2 fully saturated rings. The molecule has 200 valence electrons. The molecule has 3 aromatic rings. The molecular formula is C32H39FN4O. The molecule has 1 saturated heterocycles. The first-order chi connectivity index (χ1) is 18.7. The number of amides is 1. The first kappa shape index (κ1) is 25.1. The monoisotopic (exact) mass is 514 g/mol.